The van der Waals surface area contributed by atoms with Crippen LogP contribution in [0.15, 0.2) is 11.1 Å². The third-order valence-corrected chi connectivity index (χ3v) is 2.37. The fraction of sp³-hybridized carbons (Fsp3) is 0.400. The SMILES string of the molecule is CC(C)n1nc(C#N)c2ncn(C)c2c1=O. The number of nitriles is 1. The minimum atomic E-state index is -0.219. The maximum Gasteiger partial charge on any atom is 0.293 e. The number of imidazole rings is 1. The molecule has 82 valence electrons. The lowest BCUT2D eigenvalue weighted by Crippen LogP contribution is -2.26. The first-order valence-corrected chi connectivity index (χ1v) is 4.90. The minimum absolute atomic E-state index is 0.0844. The van der Waals surface area contributed by atoms with E-state index in [-0.39, 0.29) is 17.3 Å². The highest BCUT2D eigenvalue weighted by Crippen LogP contribution is 2.11. The van der Waals surface area contributed by atoms with Gasteiger partial charge in [-0.3, -0.25) is 4.79 Å². The number of nitrogens with zero attached hydrogens (tertiary/aromatic N) is 5. The van der Waals surface area contributed by atoms with E-state index in [4.69, 9.17) is 5.26 Å². The van der Waals surface area contributed by atoms with Crippen molar-refractivity contribution < 1.29 is 0 Å². The van der Waals surface area contributed by atoms with E-state index in [9.17, 15) is 4.79 Å². The molecule has 0 atom stereocenters. The Labute approximate surface area is 91.7 Å². The summed E-state index contributed by atoms with van der Waals surface area (Å²) in [6, 6.07) is 1.87. The Morgan fingerprint density at radius 3 is 2.75 bits per heavy atom. The lowest BCUT2D eigenvalue weighted by Gasteiger charge is -2.08. The van der Waals surface area contributed by atoms with Gasteiger partial charge in [-0.2, -0.15) is 10.4 Å². The molecule has 2 aromatic rings. The molecule has 0 radical (unpaired) electrons. The van der Waals surface area contributed by atoms with Crippen molar-refractivity contribution in [2.45, 2.75) is 19.9 Å². The molecule has 0 bridgehead atoms. The Morgan fingerprint density at radius 2 is 2.19 bits per heavy atom. The molecule has 0 spiro atoms. The number of aryl methyl sites for hydroxylation is 1. The zero-order chi connectivity index (χ0) is 11.9. The molecule has 0 saturated heterocycles. The summed E-state index contributed by atoms with van der Waals surface area (Å²) in [4.78, 5) is 16.1. The van der Waals surface area contributed by atoms with Crippen molar-refractivity contribution in [1.82, 2.24) is 19.3 Å². The summed E-state index contributed by atoms with van der Waals surface area (Å²) >= 11 is 0. The minimum Gasteiger partial charge on any atom is -0.329 e. The fourth-order valence-electron chi connectivity index (χ4n) is 1.59. The van der Waals surface area contributed by atoms with Crippen molar-refractivity contribution in [2.24, 2.45) is 7.05 Å². The van der Waals surface area contributed by atoms with Gasteiger partial charge in [-0.15, -0.1) is 0 Å². The summed E-state index contributed by atoms with van der Waals surface area (Å²) in [7, 11) is 1.72. The number of hydrogen-bond acceptors (Lipinski definition) is 4. The fourth-order valence-corrected chi connectivity index (χ4v) is 1.59. The first-order valence-electron chi connectivity index (χ1n) is 4.90. The monoisotopic (exact) mass is 217 g/mol. The van der Waals surface area contributed by atoms with E-state index < -0.39 is 0 Å². The van der Waals surface area contributed by atoms with Crippen LogP contribution in [0.5, 0.6) is 0 Å². The molecule has 2 aromatic heterocycles. The van der Waals surface area contributed by atoms with Crippen LogP contribution in [0.4, 0.5) is 0 Å². The molecule has 2 heterocycles. The van der Waals surface area contributed by atoms with Gasteiger partial charge in [0.15, 0.2) is 5.69 Å². The van der Waals surface area contributed by atoms with Gasteiger partial charge in [-0.25, -0.2) is 9.67 Å². The van der Waals surface area contributed by atoms with E-state index in [0.717, 1.165) is 0 Å². The highest BCUT2D eigenvalue weighted by Gasteiger charge is 2.15. The zero-order valence-electron chi connectivity index (χ0n) is 9.30. The molecule has 0 aromatic carbocycles. The molecular weight excluding hydrogens is 206 g/mol. The van der Waals surface area contributed by atoms with Crippen LogP contribution in [-0.4, -0.2) is 19.3 Å². The Morgan fingerprint density at radius 1 is 1.50 bits per heavy atom. The maximum atomic E-state index is 12.1. The van der Waals surface area contributed by atoms with Gasteiger partial charge in [-0.05, 0) is 13.8 Å². The summed E-state index contributed by atoms with van der Waals surface area (Å²) in [6.45, 7) is 3.69. The second-order valence-electron chi connectivity index (χ2n) is 3.86. The van der Waals surface area contributed by atoms with E-state index in [1.165, 1.54) is 11.0 Å². The molecule has 0 amide bonds. The summed E-state index contributed by atoms with van der Waals surface area (Å²) in [5.41, 5.74) is 0.750. The second kappa shape index (κ2) is 3.45. The molecular formula is C10H11N5O. The summed E-state index contributed by atoms with van der Waals surface area (Å²) < 4.78 is 2.92. The van der Waals surface area contributed by atoms with Gasteiger partial charge < -0.3 is 4.57 Å². The first kappa shape index (κ1) is 10.4. The van der Waals surface area contributed by atoms with Crippen LogP contribution in [0.3, 0.4) is 0 Å². The van der Waals surface area contributed by atoms with E-state index in [2.05, 4.69) is 10.1 Å². The van der Waals surface area contributed by atoms with Crippen LogP contribution in [0.2, 0.25) is 0 Å². The second-order valence-corrected chi connectivity index (χ2v) is 3.86. The van der Waals surface area contributed by atoms with E-state index in [1.807, 2.05) is 19.9 Å². The predicted molar refractivity (Wildman–Crippen MR) is 57.9 cm³/mol. The molecule has 2 rings (SSSR count). The van der Waals surface area contributed by atoms with E-state index in [0.29, 0.717) is 11.0 Å². The third kappa shape index (κ3) is 1.29. The Hall–Kier alpha value is -2.16. The van der Waals surface area contributed by atoms with Crippen molar-refractivity contribution in [3.63, 3.8) is 0 Å². The zero-order valence-corrected chi connectivity index (χ0v) is 9.30. The normalized spacial score (nSPS) is 10.9. The van der Waals surface area contributed by atoms with Crippen molar-refractivity contribution in [3.8, 4) is 6.07 Å². The van der Waals surface area contributed by atoms with Gasteiger partial charge >= 0.3 is 0 Å². The smallest absolute Gasteiger partial charge is 0.293 e. The molecule has 0 unspecified atom stereocenters. The van der Waals surface area contributed by atoms with Crippen LogP contribution in [-0.2, 0) is 7.05 Å². The average Bonchev–Trinajstić information content (AvgIpc) is 2.62. The number of aromatic nitrogens is 4. The van der Waals surface area contributed by atoms with Gasteiger partial charge in [0.25, 0.3) is 5.56 Å². The molecule has 16 heavy (non-hydrogen) atoms. The molecule has 0 saturated carbocycles. The van der Waals surface area contributed by atoms with Gasteiger partial charge in [0.2, 0.25) is 0 Å². The molecule has 0 aliphatic heterocycles. The summed E-state index contributed by atoms with van der Waals surface area (Å²) in [5.74, 6) is 0. The predicted octanol–water partition coefficient (Wildman–Crippen LogP) is 0.583. The molecule has 0 N–H and O–H groups in total. The molecule has 0 aliphatic rings. The summed E-state index contributed by atoms with van der Waals surface area (Å²) in [6.07, 6.45) is 1.51. The van der Waals surface area contributed by atoms with Gasteiger partial charge in [-0.1, -0.05) is 0 Å². The van der Waals surface area contributed by atoms with Crippen LogP contribution in [0.25, 0.3) is 11.0 Å². The van der Waals surface area contributed by atoms with Gasteiger partial charge in [0, 0.05) is 7.05 Å². The molecule has 0 aliphatic carbocycles. The van der Waals surface area contributed by atoms with E-state index in [1.54, 1.807) is 11.6 Å². The highest BCUT2D eigenvalue weighted by atomic mass is 16.1. The summed E-state index contributed by atoms with van der Waals surface area (Å²) in [5, 5.41) is 13.0. The molecule has 6 heteroatoms. The number of rotatable bonds is 1. The maximum absolute atomic E-state index is 12.1. The van der Waals surface area contributed by atoms with Crippen molar-refractivity contribution in [1.29, 1.82) is 5.26 Å². The molecule has 0 fully saturated rings. The van der Waals surface area contributed by atoms with Gasteiger partial charge in [0.1, 0.15) is 17.1 Å². The number of fused-ring (bicyclic) bond motifs is 1. The Balaban J connectivity index is 2.99. The third-order valence-electron chi connectivity index (χ3n) is 2.37. The topological polar surface area (TPSA) is 76.5 Å². The molecule has 6 nitrogen and oxygen atoms in total. The quantitative estimate of drug-likeness (QED) is 0.700. The van der Waals surface area contributed by atoms with Crippen LogP contribution < -0.4 is 5.56 Å². The van der Waals surface area contributed by atoms with Crippen LogP contribution >= 0.6 is 0 Å². The van der Waals surface area contributed by atoms with E-state index >= 15 is 0 Å². The Kier molecular flexibility index (Phi) is 2.23. The van der Waals surface area contributed by atoms with Crippen LogP contribution in [0.1, 0.15) is 25.6 Å². The average molecular weight is 217 g/mol. The number of hydrogen-bond donors (Lipinski definition) is 0. The lowest BCUT2D eigenvalue weighted by atomic mass is 10.3. The van der Waals surface area contributed by atoms with Crippen molar-refractivity contribution in [2.75, 3.05) is 0 Å². The van der Waals surface area contributed by atoms with Gasteiger partial charge in [0.05, 0.1) is 12.4 Å². The van der Waals surface area contributed by atoms with Crippen molar-refractivity contribution in [3.05, 3.63) is 22.4 Å². The highest BCUT2D eigenvalue weighted by molar-refractivity contribution is 5.78. The lowest BCUT2D eigenvalue weighted by molar-refractivity contribution is 0.504. The first-order chi connectivity index (χ1) is 7.56. The largest absolute Gasteiger partial charge is 0.329 e. The van der Waals surface area contributed by atoms with Crippen LogP contribution in [0, 0.1) is 11.3 Å². The standard InChI is InChI=1S/C10H11N5O/c1-6(2)15-10(16)9-8(7(4-11)13-15)12-5-14(9)3/h5-6H,1-3H3. The van der Waals surface area contributed by atoms with Crippen molar-refractivity contribution >= 4 is 11.0 Å². The Bertz CT molecular complexity index is 643.